The number of hydrogen-bond acceptors (Lipinski definition) is 6. The van der Waals surface area contributed by atoms with Gasteiger partial charge in [0.1, 0.15) is 15.5 Å². The van der Waals surface area contributed by atoms with Crippen LogP contribution >= 0.6 is 11.3 Å². The van der Waals surface area contributed by atoms with Crippen LogP contribution < -0.4 is 10.9 Å². The standard InChI is InChI=1S/C17H25N3O3S/c1-5-7-8-9-18-11(4)14-19-15(21)12-10(3)13(17(22)23-6-2)24-16(12)20-14/h11,18H,5-9H2,1-4H3,(H,19,20,21)/t11-/m0/s1. The molecule has 24 heavy (non-hydrogen) atoms. The van der Waals surface area contributed by atoms with Crippen LogP contribution in [0.3, 0.4) is 0 Å². The Morgan fingerprint density at radius 1 is 1.38 bits per heavy atom. The van der Waals surface area contributed by atoms with Crippen molar-refractivity contribution < 1.29 is 9.53 Å². The Labute approximate surface area is 145 Å². The van der Waals surface area contributed by atoms with Gasteiger partial charge in [0.25, 0.3) is 5.56 Å². The summed E-state index contributed by atoms with van der Waals surface area (Å²) in [5.74, 6) is 0.199. The number of fused-ring (bicyclic) bond motifs is 1. The second-order valence-electron chi connectivity index (χ2n) is 5.79. The molecule has 0 fully saturated rings. The number of hydrogen-bond donors (Lipinski definition) is 2. The van der Waals surface area contributed by atoms with E-state index < -0.39 is 5.97 Å². The van der Waals surface area contributed by atoms with Gasteiger partial charge < -0.3 is 15.0 Å². The molecule has 132 valence electrons. The fraction of sp³-hybridized carbons (Fsp3) is 0.588. The predicted molar refractivity (Wildman–Crippen MR) is 96.9 cm³/mol. The lowest BCUT2D eigenvalue weighted by Gasteiger charge is -2.12. The Bertz CT molecular complexity index is 766. The molecule has 0 radical (unpaired) electrons. The Morgan fingerprint density at radius 2 is 2.12 bits per heavy atom. The Hall–Kier alpha value is -1.73. The van der Waals surface area contributed by atoms with E-state index in [1.807, 2.05) is 6.92 Å². The number of rotatable bonds is 8. The molecule has 0 amide bonds. The van der Waals surface area contributed by atoms with Gasteiger partial charge in [-0.05, 0) is 39.3 Å². The maximum Gasteiger partial charge on any atom is 0.348 e. The highest BCUT2D eigenvalue weighted by atomic mass is 32.1. The van der Waals surface area contributed by atoms with E-state index in [9.17, 15) is 9.59 Å². The number of carbonyl (C=O) groups is 1. The van der Waals surface area contributed by atoms with Crippen LogP contribution in [0.15, 0.2) is 4.79 Å². The fourth-order valence-electron chi connectivity index (χ4n) is 2.55. The van der Waals surface area contributed by atoms with Crippen LogP contribution in [-0.2, 0) is 4.74 Å². The molecule has 0 aliphatic rings. The van der Waals surface area contributed by atoms with E-state index in [-0.39, 0.29) is 11.6 Å². The third kappa shape index (κ3) is 4.02. The van der Waals surface area contributed by atoms with Gasteiger partial charge in [-0.2, -0.15) is 0 Å². The molecule has 0 saturated carbocycles. The summed E-state index contributed by atoms with van der Waals surface area (Å²) in [4.78, 5) is 32.9. The quantitative estimate of drug-likeness (QED) is 0.563. The molecule has 6 nitrogen and oxygen atoms in total. The van der Waals surface area contributed by atoms with Crippen molar-refractivity contribution in [3.8, 4) is 0 Å². The number of thiophene rings is 1. The monoisotopic (exact) mass is 351 g/mol. The van der Waals surface area contributed by atoms with E-state index in [4.69, 9.17) is 4.74 Å². The molecule has 0 saturated heterocycles. The van der Waals surface area contributed by atoms with E-state index in [1.54, 1.807) is 13.8 Å². The van der Waals surface area contributed by atoms with Crippen molar-refractivity contribution in [3.05, 3.63) is 26.6 Å². The lowest BCUT2D eigenvalue weighted by Crippen LogP contribution is -2.24. The van der Waals surface area contributed by atoms with E-state index in [2.05, 4.69) is 22.2 Å². The molecule has 0 aromatic carbocycles. The molecule has 1 atom stereocenters. The van der Waals surface area contributed by atoms with Crippen molar-refractivity contribution in [2.45, 2.75) is 53.0 Å². The van der Waals surface area contributed by atoms with Crippen LogP contribution in [0.1, 0.15) is 67.1 Å². The van der Waals surface area contributed by atoms with E-state index >= 15 is 0 Å². The molecule has 2 aromatic rings. The normalized spacial score (nSPS) is 12.5. The lowest BCUT2D eigenvalue weighted by atomic mass is 10.2. The topological polar surface area (TPSA) is 84.1 Å². The summed E-state index contributed by atoms with van der Waals surface area (Å²) in [6.45, 7) is 8.84. The summed E-state index contributed by atoms with van der Waals surface area (Å²) in [6.07, 6.45) is 3.44. The summed E-state index contributed by atoms with van der Waals surface area (Å²) in [5.41, 5.74) is 0.429. The average molecular weight is 351 g/mol. The maximum absolute atomic E-state index is 12.4. The third-order valence-electron chi connectivity index (χ3n) is 3.92. The van der Waals surface area contributed by atoms with Gasteiger partial charge in [0, 0.05) is 0 Å². The molecular formula is C17H25N3O3S. The van der Waals surface area contributed by atoms with Crippen LogP contribution in [0.2, 0.25) is 0 Å². The minimum Gasteiger partial charge on any atom is -0.462 e. The van der Waals surface area contributed by atoms with Crippen molar-refractivity contribution in [2.75, 3.05) is 13.2 Å². The first-order chi connectivity index (χ1) is 11.5. The van der Waals surface area contributed by atoms with Crippen LogP contribution in [0.25, 0.3) is 10.2 Å². The number of H-pyrrole nitrogens is 1. The maximum atomic E-state index is 12.4. The highest BCUT2D eigenvalue weighted by Crippen LogP contribution is 2.28. The Balaban J connectivity index is 2.29. The van der Waals surface area contributed by atoms with Crippen LogP contribution in [-0.4, -0.2) is 29.1 Å². The second kappa shape index (κ2) is 8.39. The summed E-state index contributed by atoms with van der Waals surface area (Å²) >= 11 is 1.22. The number of aromatic nitrogens is 2. The van der Waals surface area contributed by atoms with Crippen molar-refractivity contribution >= 4 is 27.5 Å². The summed E-state index contributed by atoms with van der Waals surface area (Å²) < 4.78 is 5.05. The smallest absolute Gasteiger partial charge is 0.348 e. The van der Waals surface area contributed by atoms with Crippen molar-refractivity contribution in [3.63, 3.8) is 0 Å². The van der Waals surface area contributed by atoms with Crippen LogP contribution in [0.5, 0.6) is 0 Å². The number of unbranched alkanes of at least 4 members (excludes halogenated alkanes) is 2. The van der Waals surface area contributed by atoms with Crippen molar-refractivity contribution in [1.29, 1.82) is 0 Å². The highest BCUT2D eigenvalue weighted by Gasteiger charge is 2.21. The average Bonchev–Trinajstić information content (AvgIpc) is 2.89. The van der Waals surface area contributed by atoms with E-state index in [0.29, 0.717) is 33.1 Å². The molecule has 2 heterocycles. The first-order valence-electron chi connectivity index (χ1n) is 8.43. The molecule has 0 aliphatic heterocycles. The van der Waals surface area contributed by atoms with Gasteiger partial charge >= 0.3 is 5.97 Å². The zero-order valence-corrected chi connectivity index (χ0v) is 15.5. The minimum absolute atomic E-state index is 0.0487. The van der Waals surface area contributed by atoms with Gasteiger partial charge in [0.15, 0.2) is 0 Å². The number of aryl methyl sites for hydroxylation is 1. The zero-order valence-electron chi connectivity index (χ0n) is 14.7. The number of aromatic amines is 1. The number of carbonyl (C=O) groups excluding carboxylic acids is 1. The summed E-state index contributed by atoms with van der Waals surface area (Å²) in [5, 5.41) is 3.85. The van der Waals surface area contributed by atoms with Crippen LogP contribution in [0, 0.1) is 6.92 Å². The largest absolute Gasteiger partial charge is 0.462 e. The van der Waals surface area contributed by atoms with E-state index in [0.717, 1.165) is 13.0 Å². The molecule has 2 N–H and O–H groups in total. The number of nitrogens with one attached hydrogen (secondary N) is 2. The van der Waals surface area contributed by atoms with Gasteiger partial charge in [-0.15, -0.1) is 11.3 Å². The molecule has 2 aromatic heterocycles. The molecule has 0 bridgehead atoms. The predicted octanol–water partition coefficient (Wildman–Crippen LogP) is 3.31. The highest BCUT2D eigenvalue weighted by molar-refractivity contribution is 7.20. The first kappa shape index (κ1) is 18.6. The molecule has 0 aliphatic carbocycles. The van der Waals surface area contributed by atoms with E-state index in [1.165, 1.54) is 24.2 Å². The number of esters is 1. The lowest BCUT2D eigenvalue weighted by molar-refractivity contribution is 0.0531. The second-order valence-corrected chi connectivity index (χ2v) is 6.79. The van der Waals surface area contributed by atoms with Gasteiger partial charge in [-0.3, -0.25) is 4.79 Å². The first-order valence-corrected chi connectivity index (χ1v) is 9.25. The SMILES string of the molecule is CCCCCN[C@@H](C)c1nc2sc(C(=O)OCC)c(C)c2c(=O)[nH]1. The summed E-state index contributed by atoms with van der Waals surface area (Å²) in [6, 6.07) is -0.0487. The number of nitrogens with zero attached hydrogens (tertiary/aromatic N) is 1. The van der Waals surface area contributed by atoms with Gasteiger partial charge in [-0.1, -0.05) is 19.8 Å². The van der Waals surface area contributed by atoms with Gasteiger partial charge in [0.2, 0.25) is 0 Å². The van der Waals surface area contributed by atoms with Crippen molar-refractivity contribution in [2.24, 2.45) is 0 Å². The molecule has 0 unspecified atom stereocenters. The zero-order chi connectivity index (χ0) is 17.7. The van der Waals surface area contributed by atoms with Crippen LogP contribution in [0.4, 0.5) is 0 Å². The van der Waals surface area contributed by atoms with Gasteiger partial charge in [0.05, 0.1) is 18.0 Å². The molecule has 7 heteroatoms. The molecular weight excluding hydrogens is 326 g/mol. The Morgan fingerprint density at radius 3 is 2.79 bits per heavy atom. The minimum atomic E-state index is -0.398. The van der Waals surface area contributed by atoms with Gasteiger partial charge in [-0.25, -0.2) is 9.78 Å². The molecule has 2 rings (SSSR count). The summed E-state index contributed by atoms with van der Waals surface area (Å²) in [7, 11) is 0. The van der Waals surface area contributed by atoms with Crippen molar-refractivity contribution in [1.82, 2.24) is 15.3 Å². The third-order valence-corrected chi connectivity index (χ3v) is 5.09. The Kier molecular flexibility index (Phi) is 6.51. The molecule has 0 spiro atoms. The fourth-order valence-corrected chi connectivity index (χ4v) is 3.63. The number of ether oxygens (including phenoxy) is 1.